The van der Waals surface area contributed by atoms with Gasteiger partial charge in [-0.2, -0.15) is 4.52 Å². The maximum absolute atomic E-state index is 12.2. The topological polar surface area (TPSA) is 56.5 Å². The van der Waals surface area contributed by atoms with E-state index >= 15 is 0 Å². The zero-order valence-corrected chi connectivity index (χ0v) is 15.5. The van der Waals surface area contributed by atoms with Gasteiger partial charge in [-0.1, -0.05) is 56.0 Å². The molecule has 5 nitrogen and oxygen atoms in total. The first-order valence-corrected chi connectivity index (χ1v) is 9.62. The van der Waals surface area contributed by atoms with Crippen LogP contribution in [0.4, 0.5) is 0 Å². The summed E-state index contributed by atoms with van der Waals surface area (Å²) in [6.07, 6.45) is 0. The van der Waals surface area contributed by atoms with Gasteiger partial charge >= 0.3 is 0 Å². The molecular weight excluding hydrogens is 342 g/mol. The lowest BCUT2D eigenvalue weighted by Gasteiger charge is -2.08. The van der Waals surface area contributed by atoms with Crippen molar-refractivity contribution in [2.24, 2.45) is 0 Å². The van der Waals surface area contributed by atoms with Gasteiger partial charge in [0.2, 0.25) is 4.96 Å². The first kappa shape index (κ1) is 17.0. The van der Waals surface area contributed by atoms with Crippen molar-refractivity contribution in [3.05, 3.63) is 51.9 Å². The van der Waals surface area contributed by atoms with Crippen LogP contribution in [0.25, 0.3) is 4.96 Å². The van der Waals surface area contributed by atoms with Gasteiger partial charge in [0, 0.05) is 6.07 Å². The number of hydrogen-bond acceptors (Lipinski definition) is 6. The van der Waals surface area contributed by atoms with Gasteiger partial charge in [0.25, 0.3) is 5.56 Å². The summed E-state index contributed by atoms with van der Waals surface area (Å²) in [5.41, 5.74) is 1.71. The molecule has 1 aromatic carbocycles. The van der Waals surface area contributed by atoms with E-state index in [4.69, 9.17) is 4.74 Å². The van der Waals surface area contributed by atoms with Crippen molar-refractivity contribution in [1.82, 2.24) is 14.6 Å². The second kappa shape index (κ2) is 7.36. The molecule has 0 N–H and O–H groups in total. The molecule has 0 radical (unpaired) electrons. The lowest BCUT2D eigenvalue weighted by Crippen LogP contribution is -2.16. The van der Waals surface area contributed by atoms with Crippen LogP contribution in [0, 0.1) is 0 Å². The van der Waals surface area contributed by atoms with Crippen LogP contribution in [0.1, 0.15) is 37.9 Å². The molecule has 0 aliphatic heterocycles. The molecule has 3 rings (SSSR count). The minimum atomic E-state index is -0.173. The molecule has 0 saturated heterocycles. The van der Waals surface area contributed by atoms with Crippen LogP contribution in [0.2, 0.25) is 0 Å². The molecule has 0 atom stereocenters. The lowest BCUT2D eigenvalue weighted by molar-refractivity contribution is 0.301. The second-order valence-corrected chi connectivity index (χ2v) is 8.06. The van der Waals surface area contributed by atoms with E-state index < -0.39 is 0 Å². The summed E-state index contributed by atoms with van der Waals surface area (Å²) >= 11 is 3.03. The molecule has 7 heteroatoms. The molecule has 2 aromatic heterocycles. The van der Waals surface area contributed by atoms with Crippen LogP contribution in [-0.4, -0.2) is 20.4 Å². The molecule has 3 aromatic rings. The van der Waals surface area contributed by atoms with Crippen molar-refractivity contribution < 1.29 is 4.74 Å². The Bertz CT molecular complexity index is 885. The molecule has 0 aliphatic rings. The summed E-state index contributed by atoms with van der Waals surface area (Å²) in [5, 5.41) is 4.27. The monoisotopic (exact) mass is 361 g/mol. The average Bonchev–Trinajstić information content (AvgIpc) is 2.97. The third kappa shape index (κ3) is 3.79. The van der Waals surface area contributed by atoms with Crippen LogP contribution >= 0.6 is 23.1 Å². The van der Waals surface area contributed by atoms with Crippen LogP contribution in [0.15, 0.2) is 39.5 Å². The van der Waals surface area contributed by atoms with Gasteiger partial charge in [-0.15, -0.1) is 5.10 Å². The Morgan fingerprint density at radius 1 is 1.29 bits per heavy atom. The Labute approximate surface area is 148 Å². The fourth-order valence-corrected chi connectivity index (χ4v) is 4.06. The summed E-state index contributed by atoms with van der Waals surface area (Å²) in [7, 11) is 0. The SMILES string of the molecule is CCSc1nn2c(=O)cc(COc3ccc(C(C)C)cc3)nc2s1. The number of aromatic nitrogens is 3. The Morgan fingerprint density at radius 3 is 2.71 bits per heavy atom. The van der Waals surface area contributed by atoms with Crippen LogP contribution < -0.4 is 10.3 Å². The maximum atomic E-state index is 12.2. The predicted molar refractivity (Wildman–Crippen MR) is 98.4 cm³/mol. The highest BCUT2D eigenvalue weighted by Crippen LogP contribution is 2.23. The maximum Gasteiger partial charge on any atom is 0.275 e. The fraction of sp³-hybridized carbons (Fsp3) is 0.353. The summed E-state index contributed by atoms with van der Waals surface area (Å²) in [6, 6.07) is 9.49. The van der Waals surface area contributed by atoms with E-state index in [2.05, 4.69) is 43.0 Å². The number of thioether (sulfide) groups is 1. The third-order valence-corrected chi connectivity index (χ3v) is 5.40. The predicted octanol–water partition coefficient (Wildman–Crippen LogP) is 3.97. The van der Waals surface area contributed by atoms with E-state index in [0.29, 0.717) is 16.6 Å². The minimum absolute atomic E-state index is 0.173. The van der Waals surface area contributed by atoms with E-state index in [1.165, 1.54) is 27.5 Å². The Kier molecular flexibility index (Phi) is 5.20. The minimum Gasteiger partial charge on any atom is -0.487 e. The van der Waals surface area contributed by atoms with Crippen molar-refractivity contribution >= 4 is 28.1 Å². The van der Waals surface area contributed by atoms with Crippen LogP contribution in [0.3, 0.4) is 0 Å². The summed E-state index contributed by atoms with van der Waals surface area (Å²) in [4.78, 5) is 17.2. The molecule has 0 fully saturated rings. The zero-order chi connectivity index (χ0) is 17.1. The number of nitrogens with zero attached hydrogens (tertiary/aromatic N) is 3. The molecule has 0 bridgehead atoms. The summed E-state index contributed by atoms with van der Waals surface area (Å²) < 4.78 is 7.96. The molecule has 0 aliphatic carbocycles. The average molecular weight is 361 g/mol. The first-order valence-electron chi connectivity index (χ1n) is 7.82. The highest BCUT2D eigenvalue weighted by atomic mass is 32.2. The third-order valence-electron chi connectivity index (χ3n) is 3.48. The van der Waals surface area contributed by atoms with Gasteiger partial charge in [0.1, 0.15) is 12.4 Å². The van der Waals surface area contributed by atoms with E-state index in [1.807, 2.05) is 12.1 Å². The number of fused-ring (bicyclic) bond motifs is 1. The molecule has 24 heavy (non-hydrogen) atoms. The fourth-order valence-electron chi connectivity index (χ4n) is 2.20. The molecule has 0 saturated carbocycles. The lowest BCUT2D eigenvalue weighted by atomic mass is 10.0. The normalized spacial score (nSPS) is 11.3. The van der Waals surface area contributed by atoms with Gasteiger partial charge in [0.15, 0.2) is 4.34 Å². The molecule has 0 spiro atoms. The quantitative estimate of drug-likeness (QED) is 0.622. The molecule has 0 amide bonds. The summed E-state index contributed by atoms with van der Waals surface area (Å²) in [6.45, 7) is 6.63. The molecule has 0 unspecified atom stereocenters. The standard InChI is InChI=1S/C17H19N3O2S2/c1-4-23-17-19-20-15(21)9-13(18-16(20)24-17)10-22-14-7-5-12(6-8-14)11(2)3/h5-9,11H,4,10H2,1-3H3. The van der Waals surface area contributed by atoms with Crippen molar-refractivity contribution in [3.8, 4) is 5.75 Å². The van der Waals surface area contributed by atoms with E-state index in [0.717, 1.165) is 15.8 Å². The molecular formula is C17H19N3O2S2. The van der Waals surface area contributed by atoms with Gasteiger partial charge in [-0.25, -0.2) is 4.98 Å². The van der Waals surface area contributed by atoms with Crippen molar-refractivity contribution in [2.75, 3.05) is 5.75 Å². The number of ether oxygens (including phenoxy) is 1. The number of benzene rings is 1. The number of rotatable bonds is 6. The first-order chi connectivity index (χ1) is 11.6. The highest BCUT2D eigenvalue weighted by Gasteiger charge is 2.09. The Morgan fingerprint density at radius 2 is 2.04 bits per heavy atom. The van der Waals surface area contributed by atoms with Gasteiger partial charge in [0.05, 0.1) is 5.69 Å². The Balaban J connectivity index is 1.76. The van der Waals surface area contributed by atoms with Crippen molar-refractivity contribution in [2.45, 2.75) is 37.6 Å². The van der Waals surface area contributed by atoms with Crippen LogP contribution in [0.5, 0.6) is 5.75 Å². The number of hydrogen-bond donors (Lipinski definition) is 0. The van der Waals surface area contributed by atoms with E-state index in [-0.39, 0.29) is 12.2 Å². The molecule has 126 valence electrons. The molecule has 2 heterocycles. The van der Waals surface area contributed by atoms with Crippen molar-refractivity contribution in [1.29, 1.82) is 0 Å². The van der Waals surface area contributed by atoms with Crippen LogP contribution in [-0.2, 0) is 6.61 Å². The Hall–Kier alpha value is -1.86. The van der Waals surface area contributed by atoms with E-state index in [1.54, 1.807) is 11.8 Å². The summed E-state index contributed by atoms with van der Waals surface area (Å²) in [5.74, 6) is 2.18. The van der Waals surface area contributed by atoms with Gasteiger partial charge < -0.3 is 4.74 Å². The van der Waals surface area contributed by atoms with Gasteiger partial charge in [-0.05, 0) is 29.4 Å². The van der Waals surface area contributed by atoms with Crippen molar-refractivity contribution in [3.63, 3.8) is 0 Å². The van der Waals surface area contributed by atoms with Gasteiger partial charge in [-0.3, -0.25) is 4.79 Å². The zero-order valence-electron chi connectivity index (χ0n) is 13.9. The largest absolute Gasteiger partial charge is 0.487 e. The second-order valence-electron chi connectivity index (χ2n) is 5.59. The smallest absolute Gasteiger partial charge is 0.275 e. The van der Waals surface area contributed by atoms with E-state index in [9.17, 15) is 4.79 Å². The highest BCUT2D eigenvalue weighted by molar-refractivity contribution is 8.01.